The molecule has 0 spiro atoms. The first kappa shape index (κ1) is 14.3. The smallest absolute Gasteiger partial charge is 0.350 e. The van der Waals surface area contributed by atoms with Crippen LogP contribution in [0.2, 0.25) is 0 Å². The van der Waals surface area contributed by atoms with Crippen LogP contribution in [0.3, 0.4) is 0 Å². The number of ether oxygens (including phenoxy) is 1. The van der Waals surface area contributed by atoms with Crippen LogP contribution in [-0.4, -0.2) is 32.0 Å². The number of rotatable bonds is 3. The average molecular weight is 303 g/mol. The van der Waals surface area contributed by atoms with E-state index in [0.29, 0.717) is 29.8 Å². The summed E-state index contributed by atoms with van der Waals surface area (Å²) in [4.78, 5) is 12.3. The zero-order chi connectivity index (χ0) is 14.0. The minimum Gasteiger partial charge on any atom is -0.458 e. The Bertz CT molecular complexity index is 564. The van der Waals surface area contributed by atoms with E-state index in [1.807, 2.05) is 0 Å². The fraction of sp³-hybridized carbons (Fsp3) is 0.583. The number of carbonyl (C=O) groups excluding carboxylic acids is 1. The molecule has 0 aliphatic heterocycles. The minimum atomic E-state index is -3.07. The summed E-state index contributed by atoms with van der Waals surface area (Å²) in [6.45, 7) is 0. The first-order valence-corrected chi connectivity index (χ1v) is 8.94. The SMILES string of the molecule is CS(=O)(=O)C1CCCC(OC(=O)c2sccc2N)C1. The highest BCUT2D eigenvalue weighted by Gasteiger charge is 2.31. The molecule has 5 nitrogen and oxygen atoms in total. The summed E-state index contributed by atoms with van der Waals surface area (Å²) >= 11 is 1.23. The molecule has 2 atom stereocenters. The average Bonchev–Trinajstić information content (AvgIpc) is 2.75. The lowest BCUT2D eigenvalue weighted by atomic mass is 9.97. The molecule has 0 amide bonds. The minimum absolute atomic E-state index is 0.331. The van der Waals surface area contributed by atoms with Gasteiger partial charge in [0.05, 0.1) is 10.9 Å². The van der Waals surface area contributed by atoms with Crippen LogP contribution >= 0.6 is 11.3 Å². The molecule has 7 heteroatoms. The maximum atomic E-state index is 11.9. The van der Waals surface area contributed by atoms with Gasteiger partial charge in [0.25, 0.3) is 0 Å². The van der Waals surface area contributed by atoms with E-state index < -0.39 is 21.1 Å². The number of nitrogens with two attached hydrogens (primary N) is 1. The third kappa shape index (κ3) is 3.48. The third-order valence-corrected chi connectivity index (χ3v) is 5.89. The van der Waals surface area contributed by atoms with Crippen molar-refractivity contribution in [2.45, 2.75) is 37.0 Å². The highest BCUT2D eigenvalue weighted by molar-refractivity contribution is 7.91. The summed E-state index contributed by atoms with van der Waals surface area (Å²) in [6, 6.07) is 1.65. The predicted octanol–water partition coefficient (Wildman–Crippen LogP) is 1.84. The molecule has 1 aromatic heterocycles. The zero-order valence-electron chi connectivity index (χ0n) is 10.7. The normalized spacial score (nSPS) is 24.1. The van der Waals surface area contributed by atoms with E-state index in [-0.39, 0.29) is 6.10 Å². The van der Waals surface area contributed by atoms with Gasteiger partial charge in [-0.3, -0.25) is 0 Å². The maximum Gasteiger partial charge on any atom is 0.350 e. The second-order valence-electron chi connectivity index (χ2n) is 4.85. The fourth-order valence-electron chi connectivity index (χ4n) is 2.29. The number of carbonyl (C=O) groups is 1. The molecule has 106 valence electrons. The molecule has 2 N–H and O–H groups in total. The molecule has 1 heterocycles. The van der Waals surface area contributed by atoms with Gasteiger partial charge in [0.2, 0.25) is 0 Å². The monoisotopic (exact) mass is 303 g/mol. The number of sulfone groups is 1. The number of hydrogen-bond acceptors (Lipinski definition) is 6. The molecule has 0 radical (unpaired) electrons. The van der Waals surface area contributed by atoms with Crippen molar-refractivity contribution < 1.29 is 17.9 Å². The van der Waals surface area contributed by atoms with E-state index in [4.69, 9.17) is 10.5 Å². The van der Waals surface area contributed by atoms with Gasteiger partial charge in [-0.05, 0) is 30.7 Å². The molecule has 2 rings (SSSR count). The van der Waals surface area contributed by atoms with Crippen molar-refractivity contribution >= 4 is 32.8 Å². The van der Waals surface area contributed by atoms with Gasteiger partial charge in [-0.25, -0.2) is 13.2 Å². The lowest BCUT2D eigenvalue weighted by Crippen LogP contribution is -2.32. The van der Waals surface area contributed by atoms with Crippen molar-refractivity contribution in [2.75, 3.05) is 12.0 Å². The molecule has 0 aromatic carbocycles. The van der Waals surface area contributed by atoms with Crippen LogP contribution in [0.4, 0.5) is 5.69 Å². The Hall–Kier alpha value is -1.08. The zero-order valence-corrected chi connectivity index (χ0v) is 12.3. The predicted molar refractivity (Wildman–Crippen MR) is 75.0 cm³/mol. The van der Waals surface area contributed by atoms with Gasteiger partial charge in [0, 0.05) is 12.7 Å². The van der Waals surface area contributed by atoms with E-state index in [0.717, 1.165) is 6.42 Å². The highest BCUT2D eigenvalue weighted by Crippen LogP contribution is 2.28. The quantitative estimate of drug-likeness (QED) is 0.861. The van der Waals surface area contributed by atoms with Crippen molar-refractivity contribution in [3.63, 3.8) is 0 Å². The topological polar surface area (TPSA) is 86.5 Å². The molecule has 1 fully saturated rings. The fourth-order valence-corrected chi connectivity index (χ4v) is 4.15. The summed E-state index contributed by atoms with van der Waals surface area (Å²) in [7, 11) is -3.07. The van der Waals surface area contributed by atoms with Crippen molar-refractivity contribution in [2.24, 2.45) is 0 Å². The lowest BCUT2D eigenvalue weighted by Gasteiger charge is -2.27. The van der Waals surface area contributed by atoms with Gasteiger partial charge in [0.1, 0.15) is 20.8 Å². The van der Waals surface area contributed by atoms with Crippen LogP contribution in [0.15, 0.2) is 11.4 Å². The summed E-state index contributed by atoms with van der Waals surface area (Å²) in [5, 5.41) is 1.33. The van der Waals surface area contributed by atoms with Crippen molar-refractivity contribution in [1.82, 2.24) is 0 Å². The van der Waals surface area contributed by atoms with E-state index in [9.17, 15) is 13.2 Å². The van der Waals surface area contributed by atoms with E-state index in [1.54, 1.807) is 11.4 Å². The van der Waals surface area contributed by atoms with Gasteiger partial charge < -0.3 is 10.5 Å². The molecule has 1 aliphatic rings. The standard InChI is InChI=1S/C12H17NO4S2/c1-19(15,16)9-4-2-3-8(7-9)17-12(14)11-10(13)5-6-18-11/h5-6,8-9H,2-4,7,13H2,1H3. The Balaban J connectivity index is 2.00. The summed E-state index contributed by atoms with van der Waals surface area (Å²) in [6.07, 6.45) is 3.41. The second-order valence-corrected chi connectivity index (χ2v) is 8.09. The van der Waals surface area contributed by atoms with Crippen LogP contribution in [-0.2, 0) is 14.6 Å². The molecule has 0 bridgehead atoms. The van der Waals surface area contributed by atoms with Crippen molar-refractivity contribution in [1.29, 1.82) is 0 Å². The van der Waals surface area contributed by atoms with E-state index >= 15 is 0 Å². The molecule has 1 saturated carbocycles. The number of anilines is 1. The number of hydrogen-bond donors (Lipinski definition) is 1. The van der Waals surface area contributed by atoms with Gasteiger partial charge in [-0.2, -0.15) is 0 Å². The van der Waals surface area contributed by atoms with Gasteiger partial charge in [0.15, 0.2) is 0 Å². The Morgan fingerprint density at radius 1 is 1.47 bits per heavy atom. The second kappa shape index (κ2) is 5.50. The molecular formula is C12H17NO4S2. The van der Waals surface area contributed by atoms with Crippen LogP contribution < -0.4 is 5.73 Å². The first-order valence-electron chi connectivity index (χ1n) is 6.10. The molecule has 2 unspecified atom stereocenters. The van der Waals surface area contributed by atoms with Crippen LogP contribution in [0.5, 0.6) is 0 Å². The molecule has 1 aromatic rings. The van der Waals surface area contributed by atoms with Crippen molar-refractivity contribution in [3.8, 4) is 0 Å². The first-order chi connectivity index (χ1) is 8.88. The number of nitrogen functional groups attached to an aromatic ring is 1. The Kier molecular flexibility index (Phi) is 4.15. The number of esters is 1. The summed E-state index contributed by atoms with van der Waals surface area (Å²) < 4.78 is 28.5. The van der Waals surface area contributed by atoms with Crippen LogP contribution in [0.25, 0.3) is 0 Å². The van der Waals surface area contributed by atoms with Gasteiger partial charge in [-0.1, -0.05) is 0 Å². The van der Waals surface area contributed by atoms with Crippen LogP contribution in [0.1, 0.15) is 35.4 Å². The van der Waals surface area contributed by atoms with E-state index in [1.165, 1.54) is 17.6 Å². The molecular weight excluding hydrogens is 286 g/mol. The van der Waals surface area contributed by atoms with Gasteiger partial charge in [-0.15, -0.1) is 11.3 Å². The van der Waals surface area contributed by atoms with Gasteiger partial charge >= 0.3 is 5.97 Å². The Labute approximate surface area is 116 Å². The molecule has 19 heavy (non-hydrogen) atoms. The van der Waals surface area contributed by atoms with E-state index in [2.05, 4.69) is 0 Å². The Morgan fingerprint density at radius 3 is 2.79 bits per heavy atom. The molecule has 1 aliphatic carbocycles. The lowest BCUT2D eigenvalue weighted by molar-refractivity contribution is 0.0221. The Morgan fingerprint density at radius 2 is 2.21 bits per heavy atom. The maximum absolute atomic E-state index is 11.9. The highest BCUT2D eigenvalue weighted by atomic mass is 32.2. The largest absolute Gasteiger partial charge is 0.458 e. The number of thiophene rings is 1. The molecule has 0 saturated heterocycles. The van der Waals surface area contributed by atoms with Crippen molar-refractivity contribution in [3.05, 3.63) is 16.3 Å². The third-order valence-electron chi connectivity index (χ3n) is 3.34. The summed E-state index contributed by atoms with van der Waals surface area (Å²) in [5.41, 5.74) is 6.06. The van der Waals surface area contributed by atoms with Crippen LogP contribution in [0, 0.1) is 0 Å². The summed E-state index contributed by atoms with van der Waals surface area (Å²) in [5.74, 6) is -0.452.